The third kappa shape index (κ3) is 4.50. The van der Waals surface area contributed by atoms with E-state index in [0.29, 0.717) is 17.0 Å². The first-order valence-electron chi connectivity index (χ1n) is 11.4. The first-order chi connectivity index (χ1) is 18.3. The summed E-state index contributed by atoms with van der Waals surface area (Å²) in [6.45, 7) is 2.15. The molecule has 15 heteroatoms. The monoisotopic (exact) mass is 556 g/mol. The van der Waals surface area contributed by atoms with E-state index in [1.54, 1.807) is 52.0 Å². The van der Waals surface area contributed by atoms with Crippen molar-refractivity contribution in [3.8, 4) is 0 Å². The largest absolute Gasteiger partial charge is 0.477 e. The number of carbonyl (C=O) groups is 4. The van der Waals surface area contributed by atoms with Crippen molar-refractivity contribution in [1.82, 2.24) is 19.6 Å². The first-order valence-corrected chi connectivity index (χ1v) is 13.3. The molecule has 1 saturated heterocycles. The number of aldehydes is 1. The summed E-state index contributed by atoms with van der Waals surface area (Å²) in [7, 11) is 0. The van der Waals surface area contributed by atoms with Crippen LogP contribution >= 0.6 is 23.1 Å². The molecule has 5 rings (SSSR count). The Morgan fingerprint density at radius 3 is 2.92 bits per heavy atom. The number of oxime groups is 1. The molecule has 0 bridgehead atoms. The van der Waals surface area contributed by atoms with E-state index in [0.717, 1.165) is 23.1 Å². The van der Waals surface area contributed by atoms with Crippen molar-refractivity contribution >= 4 is 63.5 Å². The molecule has 0 aromatic carbocycles. The number of carboxylic acid groups (broad SMARTS) is 1. The number of hydrogen-bond acceptors (Lipinski definition) is 10. The molecule has 4 N–H and O–H groups in total. The van der Waals surface area contributed by atoms with Gasteiger partial charge in [-0.1, -0.05) is 5.16 Å². The number of nitrogens with two attached hydrogens (primary N) is 1. The molecule has 1 fully saturated rings. The Hall–Kier alpha value is -4.24. The van der Waals surface area contributed by atoms with Crippen LogP contribution in [0.3, 0.4) is 0 Å². The fourth-order valence-corrected chi connectivity index (χ4v) is 6.17. The zero-order valence-electron chi connectivity index (χ0n) is 19.9. The Morgan fingerprint density at radius 2 is 2.24 bits per heavy atom. The molecule has 13 nitrogen and oxygen atoms in total. The average molecular weight is 557 g/mol. The lowest BCUT2D eigenvalue weighted by Gasteiger charge is -2.49. The molecule has 2 atom stereocenters. The number of rotatable bonds is 9. The molecule has 5 heterocycles. The second-order valence-corrected chi connectivity index (χ2v) is 10.3. The van der Waals surface area contributed by atoms with Gasteiger partial charge in [-0.2, -0.15) is 4.57 Å². The molecule has 0 unspecified atom stereocenters. The summed E-state index contributed by atoms with van der Waals surface area (Å²) in [5, 5.41) is 17.7. The number of nitrogens with zero attached hydrogens (tertiary/aromatic N) is 5. The van der Waals surface area contributed by atoms with Crippen LogP contribution in [0.4, 0.5) is 5.13 Å². The topological polar surface area (TPSA) is 173 Å². The quantitative estimate of drug-likeness (QED) is 0.110. The van der Waals surface area contributed by atoms with Gasteiger partial charge in [-0.3, -0.25) is 19.3 Å². The number of thioether (sulfide) groups is 1. The molecule has 0 radical (unpaired) electrons. The van der Waals surface area contributed by atoms with Crippen molar-refractivity contribution in [2.45, 2.75) is 24.9 Å². The number of amides is 2. The highest BCUT2D eigenvalue weighted by Crippen LogP contribution is 2.40. The highest BCUT2D eigenvalue weighted by Gasteiger charge is 2.54. The number of anilines is 1. The van der Waals surface area contributed by atoms with Gasteiger partial charge in [0.1, 0.15) is 34.9 Å². The van der Waals surface area contributed by atoms with E-state index in [4.69, 9.17) is 10.6 Å². The Balaban J connectivity index is 1.35. The minimum absolute atomic E-state index is 0.101. The second kappa shape index (κ2) is 10.3. The summed E-state index contributed by atoms with van der Waals surface area (Å²) in [6, 6.07) is 2.53. The molecule has 3 aromatic heterocycles. The highest BCUT2D eigenvalue weighted by atomic mass is 32.2. The summed E-state index contributed by atoms with van der Waals surface area (Å²) >= 11 is 2.48. The molecule has 2 aliphatic heterocycles. The Kier molecular flexibility index (Phi) is 6.86. The van der Waals surface area contributed by atoms with Crippen LogP contribution in [0.25, 0.3) is 5.52 Å². The number of nitrogens with one attached hydrogen (secondary N) is 1. The summed E-state index contributed by atoms with van der Waals surface area (Å²) < 4.78 is 3.51. The third-order valence-corrected chi connectivity index (χ3v) is 8.00. The van der Waals surface area contributed by atoms with Gasteiger partial charge in [0.15, 0.2) is 36.1 Å². The maximum absolute atomic E-state index is 13.1. The number of β-lactam (4-membered cyclic amide) rings is 1. The fourth-order valence-electron chi connectivity index (χ4n) is 4.28. The van der Waals surface area contributed by atoms with Crippen LogP contribution in [0.15, 0.2) is 52.5 Å². The predicted octanol–water partition coefficient (Wildman–Crippen LogP) is 0.257. The van der Waals surface area contributed by atoms with Gasteiger partial charge >= 0.3 is 5.97 Å². The smallest absolute Gasteiger partial charge is 0.352 e. The number of fused-ring (bicyclic) bond motifs is 2. The van der Waals surface area contributed by atoms with Crippen molar-refractivity contribution in [1.29, 1.82) is 0 Å². The van der Waals surface area contributed by atoms with E-state index in [-0.39, 0.29) is 35.4 Å². The lowest BCUT2D eigenvalue weighted by Crippen LogP contribution is -2.71. The van der Waals surface area contributed by atoms with Gasteiger partial charge in [0.2, 0.25) is 0 Å². The van der Waals surface area contributed by atoms with E-state index in [1.165, 1.54) is 16.7 Å². The highest BCUT2D eigenvalue weighted by molar-refractivity contribution is 8.00. The third-order valence-electron chi connectivity index (χ3n) is 5.98. The maximum Gasteiger partial charge on any atom is 0.352 e. The molecular weight excluding hydrogens is 534 g/mol. The van der Waals surface area contributed by atoms with Crippen molar-refractivity contribution in [2.24, 2.45) is 5.16 Å². The van der Waals surface area contributed by atoms with Crippen LogP contribution < -0.4 is 15.6 Å². The second-order valence-electron chi connectivity index (χ2n) is 8.32. The Labute approximate surface area is 223 Å². The number of thiazole rings is 1. The van der Waals surface area contributed by atoms with Crippen molar-refractivity contribution in [2.75, 3.05) is 18.1 Å². The predicted molar refractivity (Wildman–Crippen MR) is 137 cm³/mol. The van der Waals surface area contributed by atoms with Crippen LogP contribution in [-0.2, 0) is 25.8 Å². The molecule has 2 amide bonds. The molecule has 196 valence electrons. The zero-order chi connectivity index (χ0) is 27.0. The number of nitrogen functional groups attached to an aromatic ring is 1. The molecule has 2 aliphatic rings. The van der Waals surface area contributed by atoms with Gasteiger partial charge < -0.3 is 25.4 Å². The zero-order valence-corrected chi connectivity index (χ0v) is 21.6. The summed E-state index contributed by atoms with van der Waals surface area (Å²) in [5.41, 5.74) is 7.47. The van der Waals surface area contributed by atoms with E-state index >= 15 is 0 Å². The van der Waals surface area contributed by atoms with Crippen LogP contribution in [0.2, 0.25) is 0 Å². The fraction of sp³-hybridized carbons (Fsp3) is 0.261. The van der Waals surface area contributed by atoms with Gasteiger partial charge in [-0.05, 0) is 19.1 Å². The minimum Gasteiger partial charge on any atom is -0.477 e. The number of hydrogen-bond donors (Lipinski definition) is 3. The van der Waals surface area contributed by atoms with E-state index in [9.17, 15) is 24.3 Å². The number of carboxylic acids is 1. The Morgan fingerprint density at radius 1 is 1.42 bits per heavy atom. The number of aliphatic carboxylic acids is 1. The summed E-state index contributed by atoms with van der Waals surface area (Å²) in [6.07, 6.45) is 6.00. The van der Waals surface area contributed by atoms with E-state index < -0.39 is 29.2 Å². The molecular formula is C23H22N7O6S2+. The van der Waals surface area contributed by atoms with Gasteiger partial charge in [0, 0.05) is 16.7 Å². The van der Waals surface area contributed by atoms with E-state index in [1.807, 2.05) is 0 Å². The first kappa shape index (κ1) is 25.4. The van der Waals surface area contributed by atoms with E-state index in [2.05, 4.69) is 15.5 Å². The van der Waals surface area contributed by atoms with Crippen LogP contribution in [0, 0.1) is 0 Å². The van der Waals surface area contributed by atoms with Gasteiger partial charge in [-0.25, -0.2) is 9.78 Å². The SMILES string of the molecule is CCO/N=C(\C(=O)N[C@@H]1C(=O)N2C(C(=O)O)=C(C[n+]3ccn4c(C=O)ccc4c3)CS[C@H]12)c1csc(N)n1. The summed E-state index contributed by atoms with van der Waals surface area (Å²) in [5.74, 6) is -2.11. The molecule has 38 heavy (non-hydrogen) atoms. The normalized spacial score (nSPS) is 19.2. The van der Waals surface area contributed by atoms with Crippen LogP contribution in [0.5, 0.6) is 0 Å². The maximum atomic E-state index is 13.1. The van der Waals surface area contributed by atoms with Crippen molar-refractivity contribution in [3.63, 3.8) is 0 Å². The van der Waals surface area contributed by atoms with Gasteiger partial charge in [-0.15, -0.1) is 23.1 Å². The molecule has 0 saturated carbocycles. The lowest BCUT2D eigenvalue weighted by atomic mass is 10.0. The lowest BCUT2D eigenvalue weighted by molar-refractivity contribution is -0.688. The van der Waals surface area contributed by atoms with Crippen LogP contribution in [-0.4, -0.2) is 72.9 Å². The molecule has 0 aliphatic carbocycles. The molecule has 0 spiro atoms. The van der Waals surface area contributed by atoms with Crippen molar-refractivity contribution < 1.29 is 33.7 Å². The van der Waals surface area contributed by atoms with Crippen molar-refractivity contribution in [3.05, 3.63) is 58.8 Å². The van der Waals surface area contributed by atoms with Crippen LogP contribution in [0.1, 0.15) is 23.1 Å². The average Bonchev–Trinajstić information content (AvgIpc) is 3.52. The Bertz CT molecular complexity index is 1530. The number of aromatic nitrogens is 3. The van der Waals surface area contributed by atoms with Gasteiger partial charge in [0.05, 0.1) is 11.9 Å². The minimum atomic E-state index is -1.23. The summed E-state index contributed by atoms with van der Waals surface area (Å²) in [4.78, 5) is 59.8. The molecule has 3 aromatic rings. The standard InChI is InChI=1S/C23H21N7O6S2/c1-2-36-27-16(15-11-38-23(24)25-15)19(32)26-17-20(33)30-18(22(34)35)12(10-37-21(17)30)7-28-5-6-29-13(8-28)3-4-14(29)9-31/h3-6,8-9,11,17,21H,2,7,10H2,1H3,(H3-,24,25,26,32,34,35)/p+1/b27-16-/t17-,21-/m1/s1. The van der Waals surface area contributed by atoms with Gasteiger partial charge in [0.25, 0.3) is 11.8 Å². The number of carbonyl (C=O) groups excluding carboxylic acids is 3.